The number of pyridine rings is 2. The third-order valence-electron chi connectivity index (χ3n) is 8.37. The Bertz CT molecular complexity index is 2230. The van der Waals surface area contributed by atoms with E-state index in [1.165, 1.54) is 0 Å². The Morgan fingerprint density at radius 1 is 0.422 bits per heavy atom. The van der Waals surface area contributed by atoms with E-state index < -0.39 is 0 Å². The van der Waals surface area contributed by atoms with E-state index in [2.05, 4.69) is 48.5 Å². The van der Waals surface area contributed by atoms with E-state index in [1.807, 2.05) is 72.8 Å². The van der Waals surface area contributed by atoms with E-state index >= 15 is 0 Å². The van der Waals surface area contributed by atoms with Gasteiger partial charge >= 0.3 is 0 Å². The highest BCUT2D eigenvalue weighted by Gasteiger charge is 2.17. The molecule has 8 rings (SSSR count). The van der Waals surface area contributed by atoms with Crippen molar-refractivity contribution in [2.45, 2.75) is 11.5 Å². The summed E-state index contributed by atoms with van der Waals surface area (Å²) >= 11 is 1.75. The number of hydrogen-bond acceptors (Lipinski definition) is 5. The van der Waals surface area contributed by atoms with Gasteiger partial charge in [-0.15, -0.1) is 11.8 Å². The molecule has 0 aliphatic rings. The van der Waals surface area contributed by atoms with Gasteiger partial charge in [-0.05, 0) is 56.6 Å². The summed E-state index contributed by atoms with van der Waals surface area (Å²) in [4.78, 5) is 10.3. The fourth-order valence-electron chi connectivity index (χ4n) is 6.32. The van der Waals surface area contributed by atoms with Gasteiger partial charge in [-0.3, -0.25) is 9.97 Å². The van der Waals surface area contributed by atoms with Gasteiger partial charge in [0.05, 0.1) is 33.9 Å². The molecule has 0 aliphatic heterocycles. The summed E-state index contributed by atoms with van der Waals surface area (Å²) in [5.74, 6) is 1.79. The monoisotopic (exact) mass is 600 g/mol. The van der Waals surface area contributed by atoms with Crippen molar-refractivity contribution in [3.8, 4) is 34.0 Å². The summed E-state index contributed by atoms with van der Waals surface area (Å²) < 4.78 is 0. The Labute approximate surface area is 264 Å². The van der Waals surface area contributed by atoms with Gasteiger partial charge in [-0.2, -0.15) is 0 Å². The van der Waals surface area contributed by atoms with Crippen molar-refractivity contribution in [3.05, 3.63) is 145 Å². The summed E-state index contributed by atoms with van der Waals surface area (Å²) in [6.07, 6.45) is 0. The van der Waals surface area contributed by atoms with Crippen molar-refractivity contribution >= 4 is 54.9 Å². The second-order valence-electron chi connectivity index (χ2n) is 11.2. The van der Waals surface area contributed by atoms with Gasteiger partial charge in [0.2, 0.25) is 0 Å². The molecule has 0 amide bonds. The van der Waals surface area contributed by atoms with Crippen molar-refractivity contribution in [2.75, 3.05) is 0 Å². The Balaban J connectivity index is 1.17. The standard InChI is InChI=1S/C40H28N2O2S/c43-35-19-17-25-9-1-5-13-31(25)37(35)39-33-15-7-3-11-27(33)21-29(41-39)23-45-24-30-22-28-12-4-8-16-34(28)40(42-30)38-32-14-6-2-10-26(32)18-20-36(38)44/h1-22,43-44H,23-24H2. The molecule has 2 N–H and O–H groups in total. The number of nitrogens with zero attached hydrogens (tertiary/aromatic N) is 2. The zero-order valence-electron chi connectivity index (χ0n) is 24.3. The average Bonchev–Trinajstić information content (AvgIpc) is 3.08. The van der Waals surface area contributed by atoms with Crippen LogP contribution < -0.4 is 0 Å². The third-order valence-corrected chi connectivity index (χ3v) is 9.37. The molecule has 6 aromatic carbocycles. The van der Waals surface area contributed by atoms with Crippen LogP contribution in [-0.4, -0.2) is 20.2 Å². The molecule has 216 valence electrons. The minimum Gasteiger partial charge on any atom is -0.507 e. The van der Waals surface area contributed by atoms with Crippen LogP contribution in [-0.2, 0) is 11.5 Å². The van der Waals surface area contributed by atoms with Crippen LogP contribution in [0.25, 0.3) is 65.6 Å². The molecule has 0 fully saturated rings. The molecule has 0 atom stereocenters. The maximum absolute atomic E-state index is 11.1. The maximum Gasteiger partial charge on any atom is 0.125 e. The quantitative estimate of drug-likeness (QED) is 0.199. The van der Waals surface area contributed by atoms with Crippen molar-refractivity contribution < 1.29 is 10.2 Å². The Hall–Kier alpha value is -5.39. The molecular formula is C40H28N2O2S. The Morgan fingerprint density at radius 3 is 1.24 bits per heavy atom. The summed E-state index contributed by atoms with van der Waals surface area (Å²) in [6.45, 7) is 0. The second-order valence-corrected chi connectivity index (χ2v) is 12.2. The molecule has 0 spiro atoms. The number of phenolic OH excluding ortho intramolecular Hbond substituents is 2. The molecule has 8 aromatic rings. The first-order chi connectivity index (χ1) is 22.1. The molecule has 5 heteroatoms. The molecular weight excluding hydrogens is 573 g/mol. The smallest absolute Gasteiger partial charge is 0.125 e. The molecule has 4 nitrogen and oxygen atoms in total. The van der Waals surface area contributed by atoms with Crippen molar-refractivity contribution in [1.29, 1.82) is 0 Å². The summed E-state index contributed by atoms with van der Waals surface area (Å²) in [6, 6.07) is 44.3. The van der Waals surface area contributed by atoms with Gasteiger partial charge in [-0.1, -0.05) is 109 Å². The average molecular weight is 601 g/mol. The molecule has 0 saturated carbocycles. The van der Waals surface area contributed by atoms with Gasteiger partial charge in [0.1, 0.15) is 11.5 Å². The number of aromatic hydroxyl groups is 2. The molecule has 2 aromatic heterocycles. The van der Waals surface area contributed by atoms with Crippen molar-refractivity contribution in [2.24, 2.45) is 0 Å². The molecule has 0 saturated heterocycles. The minimum atomic E-state index is 0.223. The lowest BCUT2D eigenvalue weighted by atomic mass is 9.97. The minimum absolute atomic E-state index is 0.223. The molecule has 45 heavy (non-hydrogen) atoms. The van der Waals surface area contributed by atoms with E-state index in [0.717, 1.165) is 77.0 Å². The first-order valence-electron chi connectivity index (χ1n) is 14.9. The fraction of sp³-hybridized carbons (Fsp3) is 0.0500. The second kappa shape index (κ2) is 11.3. The lowest BCUT2D eigenvalue weighted by molar-refractivity contribution is 0.477. The Morgan fingerprint density at radius 2 is 0.800 bits per heavy atom. The molecule has 0 bridgehead atoms. The van der Waals surface area contributed by atoms with Gasteiger partial charge in [0, 0.05) is 22.3 Å². The van der Waals surface area contributed by atoms with E-state index in [9.17, 15) is 10.2 Å². The van der Waals surface area contributed by atoms with Crippen LogP contribution >= 0.6 is 11.8 Å². The van der Waals surface area contributed by atoms with E-state index in [0.29, 0.717) is 11.5 Å². The van der Waals surface area contributed by atoms with Crippen molar-refractivity contribution in [3.63, 3.8) is 0 Å². The number of thioether (sulfide) groups is 1. The van der Waals surface area contributed by atoms with Crippen LogP contribution in [0, 0.1) is 0 Å². The Kier molecular flexibility index (Phi) is 6.81. The highest BCUT2D eigenvalue weighted by atomic mass is 32.2. The molecule has 0 radical (unpaired) electrons. The van der Waals surface area contributed by atoms with Crippen LogP contribution in [0.5, 0.6) is 11.5 Å². The van der Waals surface area contributed by atoms with Crippen LogP contribution in [0.15, 0.2) is 133 Å². The van der Waals surface area contributed by atoms with Crippen LogP contribution in [0.4, 0.5) is 0 Å². The zero-order chi connectivity index (χ0) is 30.3. The molecule has 0 aliphatic carbocycles. The van der Waals surface area contributed by atoms with Gasteiger partial charge in [0.15, 0.2) is 0 Å². The fourth-order valence-corrected chi connectivity index (χ4v) is 7.13. The zero-order valence-corrected chi connectivity index (χ0v) is 25.1. The maximum atomic E-state index is 11.1. The summed E-state index contributed by atoms with van der Waals surface area (Å²) in [7, 11) is 0. The van der Waals surface area contributed by atoms with Crippen molar-refractivity contribution in [1.82, 2.24) is 9.97 Å². The number of fused-ring (bicyclic) bond motifs is 4. The van der Waals surface area contributed by atoms with Crippen LogP contribution in [0.3, 0.4) is 0 Å². The predicted molar refractivity (Wildman–Crippen MR) is 188 cm³/mol. The highest BCUT2D eigenvalue weighted by molar-refractivity contribution is 7.97. The SMILES string of the molecule is Oc1ccc2ccccc2c1-c1nc(CSCc2cc3ccccc3c(-c3c(O)ccc4ccccc34)n2)cc2ccccc12. The van der Waals surface area contributed by atoms with E-state index in [4.69, 9.17) is 9.97 Å². The number of aromatic nitrogens is 2. The summed E-state index contributed by atoms with van der Waals surface area (Å²) in [5, 5.41) is 30.4. The first-order valence-corrected chi connectivity index (χ1v) is 16.1. The highest BCUT2D eigenvalue weighted by Crippen LogP contribution is 2.41. The lowest BCUT2D eigenvalue weighted by Gasteiger charge is -2.14. The number of hydrogen-bond donors (Lipinski definition) is 2. The molecule has 2 heterocycles. The van der Waals surface area contributed by atoms with Crippen LogP contribution in [0.1, 0.15) is 11.4 Å². The number of benzene rings is 6. The van der Waals surface area contributed by atoms with Crippen LogP contribution in [0.2, 0.25) is 0 Å². The van der Waals surface area contributed by atoms with Gasteiger partial charge in [-0.25, -0.2) is 0 Å². The van der Waals surface area contributed by atoms with E-state index in [-0.39, 0.29) is 11.5 Å². The number of phenols is 2. The lowest BCUT2D eigenvalue weighted by Crippen LogP contribution is -1.97. The topological polar surface area (TPSA) is 66.2 Å². The predicted octanol–water partition coefficient (Wildman–Crippen LogP) is 10.3. The number of rotatable bonds is 6. The first kappa shape index (κ1) is 27.2. The van der Waals surface area contributed by atoms with Gasteiger partial charge in [0.25, 0.3) is 0 Å². The largest absolute Gasteiger partial charge is 0.507 e. The van der Waals surface area contributed by atoms with Gasteiger partial charge < -0.3 is 10.2 Å². The summed E-state index contributed by atoms with van der Waals surface area (Å²) in [5.41, 5.74) is 4.97. The van der Waals surface area contributed by atoms with E-state index in [1.54, 1.807) is 23.9 Å². The molecule has 0 unspecified atom stereocenters. The third kappa shape index (κ3) is 4.91. The normalized spacial score (nSPS) is 11.6.